The lowest BCUT2D eigenvalue weighted by molar-refractivity contribution is 0.476. The first-order valence-corrected chi connectivity index (χ1v) is 11.0. The first-order valence-electron chi connectivity index (χ1n) is 9.62. The molecule has 0 aromatic heterocycles. The maximum Gasteiger partial charge on any atom is 0.339 e. The standard InChI is InChI=1S/C21H29FN2O3S/c1-5-16(4)23-15-17-8-11-19(24(6-2)7-3)14-21(17)27-28(25,26)20-12-9-18(22)10-13-20/h8-14,16,23H,5-7,15H2,1-4H3/t16-/m1/s1. The number of nitrogens with one attached hydrogen (secondary N) is 1. The maximum atomic E-state index is 13.1. The Kier molecular flexibility index (Phi) is 7.83. The Morgan fingerprint density at radius 2 is 1.71 bits per heavy atom. The van der Waals surface area contributed by atoms with E-state index >= 15 is 0 Å². The molecule has 0 spiro atoms. The van der Waals surface area contributed by atoms with Gasteiger partial charge in [-0.25, -0.2) is 4.39 Å². The molecule has 154 valence electrons. The van der Waals surface area contributed by atoms with Crippen LogP contribution >= 0.6 is 0 Å². The molecule has 1 atom stereocenters. The van der Waals surface area contributed by atoms with E-state index in [-0.39, 0.29) is 10.6 Å². The smallest absolute Gasteiger partial charge is 0.339 e. The molecule has 0 bridgehead atoms. The Morgan fingerprint density at radius 3 is 2.29 bits per heavy atom. The number of rotatable bonds is 10. The quantitative estimate of drug-likeness (QED) is 0.593. The molecule has 2 rings (SSSR count). The summed E-state index contributed by atoms with van der Waals surface area (Å²) in [6, 6.07) is 10.5. The van der Waals surface area contributed by atoms with Gasteiger partial charge in [-0.05, 0) is 57.5 Å². The Morgan fingerprint density at radius 1 is 1.07 bits per heavy atom. The van der Waals surface area contributed by atoms with Crippen molar-refractivity contribution in [3.05, 3.63) is 53.8 Å². The maximum absolute atomic E-state index is 13.1. The Hall–Kier alpha value is -2.12. The number of halogens is 1. The highest BCUT2D eigenvalue weighted by Crippen LogP contribution is 2.29. The lowest BCUT2D eigenvalue weighted by Gasteiger charge is -2.23. The molecule has 0 saturated carbocycles. The van der Waals surface area contributed by atoms with E-state index in [1.54, 1.807) is 6.07 Å². The zero-order valence-electron chi connectivity index (χ0n) is 16.9. The molecular formula is C21H29FN2O3S. The van der Waals surface area contributed by atoms with Gasteiger partial charge in [0, 0.05) is 43.0 Å². The number of anilines is 1. The van der Waals surface area contributed by atoms with Crippen LogP contribution < -0.4 is 14.4 Å². The fourth-order valence-electron chi connectivity index (χ4n) is 2.75. The third kappa shape index (κ3) is 5.69. The first-order chi connectivity index (χ1) is 13.3. The van der Waals surface area contributed by atoms with Gasteiger partial charge in [0.25, 0.3) is 0 Å². The Bertz CT molecular complexity index is 866. The highest BCUT2D eigenvalue weighted by molar-refractivity contribution is 7.87. The highest BCUT2D eigenvalue weighted by atomic mass is 32.2. The molecule has 5 nitrogen and oxygen atoms in total. The second-order valence-electron chi connectivity index (χ2n) is 6.65. The van der Waals surface area contributed by atoms with Crippen LogP contribution in [0.3, 0.4) is 0 Å². The molecule has 0 aliphatic carbocycles. The number of benzene rings is 2. The van der Waals surface area contributed by atoms with Gasteiger partial charge >= 0.3 is 10.1 Å². The summed E-state index contributed by atoms with van der Waals surface area (Å²) in [5.74, 6) is -0.217. The molecule has 0 unspecified atom stereocenters. The lowest BCUT2D eigenvalue weighted by Crippen LogP contribution is -2.25. The lowest BCUT2D eigenvalue weighted by atomic mass is 10.1. The van der Waals surface area contributed by atoms with E-state index in [9.17, 15) is 12.8 Å². The van der Waals surface area contributed by atoms with Crippen molar-refractivity contribution in [1.82, 2.24) is 5.32 Å². The minimum absolute atomic E-state index is 0.0806. The number of hydrogen-bond donors (Lipinski definition) is 1. The average Bonchev–Trinajstić information content (AvgIpc) is 2.68. The van der Waals surface area contributed by atoms with Crippen molar-refractivity contribution in [2.45, 2.75) is 51.6 Å². The van der Waals surface area contributed by atoms with Crippen molar-refractivity contribution >= 4 is 15.8 Å². The van der Waals surface area contributed by atoms with Crippen LogP contribution in [0, 0.1) is 5.82 Å². The second kappa shape index (κ2) is 9.89. The van der Waals surface area contributed by atoms with Crippen LogP contribution in [0.2, 0.25) is 0 Å². The van der Waals surface area contributed by atoms with Crippen LogP contribution in [-0.4, -0.2) is 27.5 Å². The summed E-state index contributed by atoms with van der Waals surface area (Å²) in [5, 5.41) is 3.36. The van der Waals surface area contributed by atoms with Crippen molar-refractivity contribution in [1.29, 1.82) is 0 Å². The fourth-order valence-corrected chi connectivity index (χ4v) is 3.71. The molecule has 2 aromatic rings. The van der Waals surface area contributed by atoms with Crippen molar-refractivity contribution in [2.24, 2.45) is 0 Å². The van der Waals surface area contributed by atoms with Gasteiger partial charge in [0.05, 0.1) is 0 Å². The van der Waals surface area contributed by atoms with Gasteiger partial charge in [-0.3, -0.25) is 0 Å². The van der Waals surface area contributed by atoms with Crippen molar-refractivity contribution in [2.75, 3.05) is 18.0 Å². The monoisotopic (exact) mass is 408 g/mol. The largest absolute Gasteiger partial charge is 0.379 e. The van der Waals surface area contributed by atoms with E-state index in [1.165, 1.54) is 12.1 Å². The molecule has 0 radical (unpaired) electrons. The summed E-state index contributed by atoms with van der Waals surface area (Å²) in [6.07, 6.45) is 0.960. The molecule has 0 amide bonds. The van der Waals surface area contributed by atoms with Crippen LogP contribution in [0.25, 0.3) is 0 Å². The summed E-state index contributed by atoms with van der Waals surface area (Å²) in [6.45, 7) is 10.3. The predicted octanol–water partition coefficient (Wildman–Crippen LogP) is 4.33. The molecule has 0 heterocycles. The van der Waals surface area contributed by atoms with Gasteiger partial charge in [-0.15, -0.1) is 0 Å². The van der Waals surface area contributed by atoms with Crippen LogP contribution in [0.4, 0.5) is 10.1 Å². The molecule has 0 aliphatic rings. The SMILES string of the molecule is CC[C@@H](C)NCc1ccc(N(CC)CC)cc1OS(=O)(=O)c1ccc(F)cc1. The summed E-state index contributed by atoms with van der Waals surface area (Å²) >= 11 is 0. The number of hydrogen-bond acceptors (Lipinski definition) is 5. The van der Waals surface area contributed by atoms with E-state index in [2.05, 4.69) is 24.1 Å². The van der Waals surface area contributed by atoms with Gasteiger partial charge in [0.15, 0.2) is 0 Å². The van der Waals surface area contributed by atoms with Crippen LogP contribution in [0.5, 0.6) is 5.75 Å². The summed E-state index contributed by atoms with van der Waals surface area (Å²) < 4.78 is 44.0. The molecule has 0 saturated heterocycles. The average molecular weight is 409 g/mol. The van der Waals surface area contributed by atoms with Crippen LogP contribution in [0.1, 0.15) is 39.7 Å². The molecule has 0 aliphatic heterocycles. The molecule has 1 N–H and O–H groups in total. The Labute approximate surface area is 167 Å². The second-order valence-corrected chi connectivity index (χ2v) is 8.19. The zero-order chi connectivity index (χ0) is 20.7. The summed E-state index contributed by atoms with van der Waals surface area (Å²) in [4.78, 5) is 2.03. The van der Waals surface area contributed by atoms with Gasteiger partial charge in [-0.2, -0.15) is 8.42 Å². The molecule has 0 fully saturated rings. The van der Waals surface area contributed by atoms with Crippen molar-refractivity contribution in [3.8, 4) is 5.75 Å². The molecule has 7 heteroatoms. The van der Waals surface area contributed by atoms with Gasteiger partial charge in [-0.1, -0.05) is 13.0 Å². The molecular weight excluding hydrogens is 379 g/mol. The number of nitrogens with zero attached hydrogens (tertiary/aromatic N) is 1. The van der Waals surface area contributed by atoms with E-state index < -0.39 is 15.9 Å². The highest BCUT2D eigenvalue weighted by Gasteiger charge is 2.20. The van der Waals surface area contributed by atoms with Crippen LogP contribution in [0.15, 0.2) is 47.4 Å². The normalized spacial score (nSPS) is 12.6. The van der Waals surface area contributed by atoms with Crippen LogP contribution in [-0.2, 0) is 16.7 Å². The van der Waals surface area contributed by atoms with E-state index in [0.29, 0.717) is 12.6 Å². The predicted molar refractivity (Wildman–Crippen MR) is 111 cm³/mol. The summed E-state index contributed by atoms with van der Waals surface area (Å²) in [7, 11) is -4.07. The van der Waals surface area contributed by atoms with Gasteiger partial charge in [0.1, 0.15) is 16.5 Å². The molecule has 2 aromatic carbocycles. The minimum atomic E-state index is -4.07. The fraction of sp³-hybridized carbons (Fsp3) is 0.429. The Balaban J connectivity index is 2.39. The zero-order valence-corrected chi connectivity index (χ0v) is 17.7. The first kappa shape index (κ1) is 22.2. The topological polar surface area (TPSA) is 58.6 Å². The van der Waals surface area contributed by atoms with Gasteiger partial charge < -0.3 is 14.4 Å². The third-order valence-electron chi connectivity index (χ3n) is 4.73. The third-order valence-corrected chi connectivity index (χ3v) is 5.98. The van der Waals surface area contributed by atoms with Crippen molar-refractivity contribution < 1.29 is 17.0 Å². The summed E-state index contributed by atoms with van der Waals surface area (Å²) in [5.41, 5.74) is 1.64. The van der Waals surface area contributed by atoms with Crippen molar-refractivity contribution in [3.63, 3.8) is 0 Å². The van der Waals surface area contributed by atoms with E-state index in [4.69, 9.17) is 4.18 Å². The van der Waals surface area contributed by atoms with E-state index in [0.717, 1.165) is 42.9 Å². The van der Waals surface area contributed by atoms with Gasteiger partial charge in [0.2, 0.25) is 0 Å². The molecule has 28 heavy (non-hydrogen) atoms. The minimum Gasteiger partial charge on any atom is -0.379 e. The van der Waals surface area contributed by atoms with E-state index in [1.807, 2.05) is 26.0 Å².